The molecule has 0 rings (SSSR count). The van der Waals surface area contributed by atoms with E-state index in [1.807, 2.05) is 0 Å². The molecule has 366 valence electrons. The van der Waals surface area contributed by atoms with Crippen LogP contribution in [0.1, 0.15) is 141 Å². The van der Waals surface area contributed by atoms with Gasteiger partial charge in [-0.2, -0.15) is 0 Å². The van der Waals surface area contributed by atoms with Crippen molar-refractivity contribution in [1.82, 2.24) is 0 Å². The molecule has 7 nitrogen and oxygen atoms in total. The summed E-state index contributed by atoms with van der Waals surface area (Å²) in [6.45, 7) is 46.5. The van der Waals surface area contributed by atoms with Crippen LogP contribution in [0.2, 0.25) is 72.5 Å². The van der Waals surface area contributed by atoms with E-state index in [1.165, 1.54) is 0 Å². The zero-order chi connectivity index (χ0) is 49.0. The minimum atomic E-state index is -2.53. The highest BCUT2D eigenvalue weighted by molar-refractivity contribution is 6.75. The summed E-state index contributed by atoms with van der Waals surface area (Å²) in [6, 6.07) is 0. The van der Waals surface area contributed by atoms with Gasteiger partial charge in [0.1, 0.15) is 18.8 Å². The van der Waals surface area contributed by atoms with Crippen LogP contribution in [-0.4, -0.2) is 82.0 Å². The topological polar surface area (TPSA) is 83.5 Å². The van der Waals surface area contributed by atoms with Crippen LogP contribution in [0.25, 0.3) is 0 Å². The minimum absolute atomic E-state index is 0.0178. The van der Waals surface area contributed by atoms with Crippen LogP contribution in [0.5, 0.6) is 0 Å². The molecule has 0 fully saturated rings. The molecule has 0 aromatic heterocycles. The summed E-state index contributed by atoms with van der Waals surface area (Å²) in [4.78, 5) is 13.5. The molecule has 0 amide bonds. The fraction of sp³-hybridized carbons (Fsp3) is 0.750. The van der Waals surface area contributed by atoms with Gasteiger partial charge < -0.3 is 27.5 Å². The quantitative estimate of drug-likeness (QED) is 0.0475. The second-order valence-electron chi connectivity index (χ2n) is 23.3. The first kappa shape index (κ1) is 61.6. The predicted molar refractivity (Wildman–Crippen MR) is 284 cm³/mol. The third kappa shape index (κ3) is 23.2. The van der Waals surface area contributed by atoms with Crippen LogP contribution in [0.15, 0.2) is 72.9 Å². The van der Waals surface area contributed by atoms with Crippen LogP contribution < -0.4 is 0 Å². The first-order valence-corrected chi connectivity index (χ1v) is 35.7. The van der Waals surface area contributed by atoms with Crippen molar-refractivity contribution in [3.8, 4) is 0 Å². The van der Waals surface area contributed by atoms with Crippen molar-refractivity contribution in [3.05, 3.63) is 72.9 Å². The van der Waals surface area contributed by atoms with E-state index in [9.17, 15) is 9.90 Å². The summed E-state index contributed by atoms with van der Waals surface area (Å²) in [5, 5.41) is 10.8. The molecule has 63 heavy (non-hydrogen) atoms. The maximum absolute atomic E-state index is 13.5. The molecule has 0 heterocycles. The molecule has 0 saturated heterocycles. The van der Waals surface area contributed by atoms with Gasteiger partial charge >= 0.3 is 5.97 Å². The Hall–Kier alpha value is -1.42. The SMILES string of the molecule is CC/C=C\C/C=C\C/C=C\C/C=C\C/C=C\C/C=C\CCC(=O)OC[C@@H](O[Si](C)(C)C(C)(C)C)[C@@H](O[Si](C)(C)C(C)(C)C)[C@H](O[Si](C)(C)C(C)(C)C)[C@@H](CO)O[Si](C)(C)C(C)(C)C. The largest absolute Gasteiger partial charge is 0.463 e. The Bertz CT molecular complexity index is 1480. The van der Waals surface area contributed by atoms with E-state index in [0.717, 1.165) is 38.5 Å². The van der Waals surface area contributed by atoms with Gasteiger partial charge in [0.2, 0.25) is 0 Å². The molecule has 0 unspecified atom stereocenters. The Morgan fingerprint density at radius 1 is 0.460 bits per heavy atom. The lowest BCUT2D eigenvalue weighted by Crippen LogP contribution is -2.63. The number of carbonyl (C=O) groups is 1. The highest BCUT2D eigenvalue weighted by Gasteiger charge is 2.53. The summed E-state index contributed by atoms with van der Waals surface area (Å²) in [7, 11) is -9.92. The van der Waals surface area contributed by atoms with E-state index in [-0.39, 0.29) is 45.8 Å². The maximum Gasteiger partial charge on any atom is 0.306 e. The molecule has 11 heteroatoms. The molecule has 0 aromatic rings. The lowest BCUT2D eigenvalue weighted by atomic mass is 10.0. The molecule has 4 atom stereocenters. The highest BCUT2D eigenvalue weighted by Crippen LogP contribution is 2.45. The molecule has 1 N–H and O–H groups in total. The minimum Gasteiger partial charge on any atom is -0.463 e. The van der Waals surface area contributed by atoms with E-state index >= 15 is 0 Å². The van der Waals surface area contributed by atoms with Crippen molar-refractivity contribution in [2.75, 3.05) is 13.2 Å². The first-order valence-electron chi connectivity index (χ1n) is 24.0. The van der Waals surface area contributed by atoms with Gasteiger partial charge in [-0.3, -0.25) is 4.79 Å². The van der Waals surface area contributed by atoms with Crippen molar-refractivity contribution < 1.29 is 32.3 Å². The molecule has 0 spiro atoms. The number of aliphatic hydroxyl groups excluding tert-OH is 1. The zero-order valence-corrected chi connectivity index (χ0v) is 48.7. The highest BCUT2D eigenvalue weighted by atomic mass is 28.4. The molecule has 0 aliphatic rings. The molecular formula is C52H100O7Si4. The summed E-state index contributed by atoms with van der Waals surface area (Å²) in [5.74, 6) is -0.275. The van der Waals surface area contributed by atoms with Crippen LogP contribution in [0.3, 0.4) is 0 Å². The molecule has 0 radical (unpaired) electrons. The average molecular weight is 950 g/mol. The second kappa shape index (κ2) is 27.4. The van der Waals surface area contributed by atoms with Gasteiger partial charge in [-0.1, -0.05) is 163 Å². The van der Waals surface area contributed by atoms with Crippen molar-refractivity contribution >= 4 is 39.2 Å². The predicted octanol–water partition coefficient (Wildman–Crippen LogP) is 15.6. The molecule has 0 aliphatic carbocycles. The molecular weight excluding hydrogens is 849 g/mol. The van der Waals surface area contributed by atoms with Crippen LogP contribution in [0.4, 0.5) is 0 Å². The number of carbonyl (C=O) groups excluding carboxylic acids is 1. The molecule has 0 aromatic carbocycles. The standard InChI is InChI=1S/C52H100O7Si4/c1-22-23-24-25-26-27-28-29-30-31-32-33-34-35-36-37-38-39-40-41-46(54)55-43-45(57-61(16,17)50(5,6)7)48(59-63(20,21)52(11,12)13)47(58-62(18,19)51(8,9)10)44(42-53)56-60(14,15)49(2,3)4/h23-24,26-27,29-30,32-33,35-36,38-39,44-45,47-48,53H,22,25,28,31,34,37,40-43H2,1-21H3/b24-23-,27-26-,30-29-,33-32-,36-35-,39-38-/t44-,45-,47-,48-/m1/s1. The average Bonchev–Trinajstić information content (AvgIpc) is 3.12. The Morgan fingerprint density at radius 2 is 0.746 bits per heavy atom. The van der Waals surface area contributed by atoms with E-state index in [4.69, 9.17) is 22.4 Å². The van der Waals surface area contributed by atoms with Crippen molar-refractivity contribution in [3.63, 3.8) is 0 Å². The number of rotatable bonds is 28. The number of allylic oxidation sites excluding steroid dienone is 12. The lowest BCUT2D eigenvalue weighted by molar-refractivity contribution is -0.152. The molecule has 0 bridgehead atoms. The number of hydrogen-bond donors (Lipinski definition) is 1. The number of hydrogen-bond acceptors (Lipinski definition) is 7. The smallest absolute Gasteiger partial charge is 0.306 e. The van der Waals surface area contributed by atoms with Gasteiger partial charge in [0.05, 0.1) is 18.8 Å². The van der Waals surface area contributed by atoms with E-state index in [1.54, 1.807) is 0 Å². The maximum atomic E-state index is 13.5. The van der Waals surface area contributed by atoms with Gasteiger partial charge in [0.15, 0.2) is 33.3 Å². The molecule has 0 saturated carbocycles. The van der Waals surface area contributed by atoms with Crippen LogP contribution >= 0.6 is 0 Å². The Morgan fingerprint density at radius 3 is 1.06 bits per heavy atom. The Kier molecular flexibility index (Phi) is 26.8. The second-order valence-corrected chi connectivity index (χ2v) is 42.4. The third-order valence-electron chi connectivity index (χ3n) is 13.7. The van der Waals surface area contributed by atoms with Gasteiger partial charge in [0.25, 0.3) is 0 Å². The van der Waals surface area contributed by atoms with Gasteiger partial charge in [-0.25, -0.2) is 0 Å². The lowest BCUT2D eigenvalue weighted by Gasteiger charge is -2.51. The summed E-state index contributed by atoms with van der Waals surface area (Å²) >= 11 is 0. The summed E-state index contributed by atoms with van der Waals surface area (Å²) in [5.41, 5.74) is 0. The summed E-state index contributed by atoms with van der Waals surface area (Å²) in [6.07, 6.45) is 30.1. The van der Waals surface area contributed by atoms with Gasteiger partial charge in [0, 0.05) is 6.42 Å². The fourth-order valence-electron chi connectivity index (χ4n) is 5.35. The third-order valence-corrected chi connectivity index (χ3v) is 31.7. The van der Waals surface area contributed by atoms with Crippen molar-refractivity contribution in [2.45, 2.75) is 238 Å². The number of ether oxygens (including phenoxy) is 1. The Balaban J connectivity index is 6.41. The van der Waals surface area contributed by atoms with Crippen LogP contribution in [0, 0.1) is 0 Å². The van der Waals surface area contributed by atoms with E-state index < -0.39 is 57.7 Å². The van der Waals surface area contributed by atoms with Crippen LogP contribution in [-0.2, 0) is 27.2 Å². The molecule has 0 aliphatic heterocycles. The van der Waals surface area contributed by atoms with Crippen molar-refractivity contribution in [2.24, 2.45) is 0 Å². The fourth-order valence-corrected chi connectivity index (χ4v) is 10.6. The van der Waals surface area contributed by atoms with Crippen molar-refractivity contribution in [1.29, 1.82) is 0 Å². The number of aliphatic hydroxyl groups is 1. The zero-order valence-electron chi connectivity index (χ0n) is 44.7. The van der Waals surface area contributed by atoms with Gasteiger partial charge in [-0.05, 0) is 117 Å². The van der Waals surface area contributed by atoms with E-state index in [0.29, 0.717) is 6.42 Å². The Labute approximate surface area is 394 Å². The number of esters is 1. The summed E-state index contributed by atoms with van der Waals surface area (Å²) < 4.78 is 35.6. The normalized spacial score (nSPS) is 16.7. The first-order chi connectivity index (χ1) is 28.7. The monoisotopic (exact) mass is 949 g/mol. The van der Waals surface area contributed by atoms with Gasteiger partial charge in [-0.15, -0.1) is 0 Å². The van der Waals surface area contributed by atoms with E-state index in [2.05, 4.69) is 215 Å².